The van der Waals surface area contributed by atoms with Crippen LogP contribution in [0.25, 0.3) is 0 Å². The predicted octanol–water partition coefficient (Wildman–Crippen LogP) is 3.91. The number of benzene rings is 2. The van der Waals surface area contributed by atoms with Crippen LogP contribution in [0.3, 0.4) is 0 Å². The van der Waals surface area contributed by atoms with Crippen molar-refractivity contribution in [2.75, 3.05) is 11.9 Å². The van der Waals surface area contributed by atoms with Gasteiger partial charge >= 0.3 is 0 Å². The van der Waals surface area contributed by atoms with Crippen molar-refractivity contribution in [3.05, 3.63) is 65.2 Å². The molecule has 1 aliphatic carbocycles. The van der Waals surface area contributed by atoms with Crippen LogP contribution in [-0.2, 0) is 11.3 Å². The van der Waals surface area contributed by atoms with Gasteiger partial charge in [0.05, 0.1) is 6.54 Å². The molecular weight excluding hydrogens is 284 g/mol. The maximum Gasteiger partial charge on any atom is 0.238 e. The number of para-hydroxylation sites is 1. The zero-order valence-electron chi connectivity index (χ0n) is 13.9. The summed E-state index contributed by atoms with van der Waals surface area (Å²) in [5, 5.41) is 3.04. The van der Waals surface area contributed by atoms with E-state index in [-0.39, 0.29) is 5.91 Å². The van der Waals surface area contributed by atoms with Gasteiger partial charge < -0.3 is 5.32 Å². The predicted molar refractivity (Wildman–Crippen MR) is 94.4 cm³/mol. The molecule has 1 aliphatic rings. The highest BCUT2D eigenvalue weighted by atomic mass is 16.2. The van der Waals surface area contributed by atoms with E-state index in [1.165, 1.54) is 24.0 Å². The lowest BCUT2D eigenvalue weighted by atomic mass is 10.1. The van der Waals surface area contributed by atoms with Gasteiger partial charge in [0.15, 0.2) is 0 Å². The smallest absolute Gasteiger partial charge is 0.238 e. The third-order valence-corrected chi connectivity index (χ3v) is 4.30. The molecule has 1 amide bonds. The number of amides is 1. The lowest BCUT2D eigenvalue weighted by Gasteiger charge is -2.22. The van der Waals surface area contributed by atoms with Gasteiger partial charge in [-0.3, -0.25) is 9.69 Å². The standard InChI is InChI=1S/C20H24N2O/c1-15-6-5-8-17(12-15)13-22(18-10-11-18)14-20(23)21-19-9-4-3-7-16(19)2/h3-9,12,18H,10-11,13-14H2,1-2H3,(H,21,23). The molecule has 0 bridgehead atoms. The van der Waals surface area contributed by atoms with Crippen LogP contribution in [0, 0.1) is 13.8 Å². The Morgan fingerprint density at radius 2 is 1.91 bits per heavy atom. The van der Waals surface area contributed by atoms with Gasteiger partial charge in [-0.2, -0.15) is 0 Å². The zero-order chi connectivity index (χ0) is 16.2. The van der Waals surface area contributed by atoms with Crippen LogP contribution in [0.4, 0.5) is 5.69 Å². The first-order valence-corrected chi connectivity index (χ1v) is 8.27. The van der Waals surface area contributed by atoms with Gasteiger partial charge in [-0.25, -0.2) is 0 Å². The van der Waals surface area contributed by atoms with Gasteiger partial charge in [0, 0.05) is 18.3 Å². The molecule has 1 fully saturated rings. The molecular formula is C20H24N2O. The Labute approximate surface area is 138 Å². The monoisotopic (exact) mass is 308 g/mol. The molecule has 0 heterocycles. The molecule has 3 rings (SSSR count). The fourth-order valence-corrected chi connectivity index (χ4v) is 2.89. The maximum absolute atomic E-state index is 12.4. The second kappa shape index (κ2) is 6.97. The van der Waals surface area contributed by atoms with E-state index in [0.717, 1.165) is 17.8 Å². The first-order valence-electron chi connectivity index (χ1n) is 8.27. The van der Waals surface area contributed by atoms with Crippen LogP contribution >= 0.6 is 0 Å². The first-order chi connectivity index (χ1) is 11.1. The molecule has 0 unspecified atom stereocenters. The number of rotatable bonds is 6. The van der Waals surface area contributed by atoms with Crippen molar-refractivity contribution in [1.29, 1.82) is 0 Å². The molecule has 0 aromatic heterocycles. The molecule has 23 heavy (non-hydrogen) atoms. The maximum atomic E-state index is 12.4. The van der Waals surface area contributed by atoms with Gasteiger partial charge in [-0.1, -0.05) is 48.0 Å². The summed E-state index contributed by atoms with van der Waals surface area (Å²) in [6.45, 7) is 5.41. The molecule has 0 atom stereocenters. The van der Waals surface area contributed by atoms with E-state index < -0.39 is 0 Å². The number of nitrogens with zero attached hydrogens (tertiary/aromatic N) is 1. The lowest BCUT2D eigenvalue weighted by molar-refractivity contribution is -0.117. The van der Waals surface area contributed by atoms with Crippen LogP contribution in [0.15, 0.2) is 48.5 Å². The summed E-state index contributed by atoms with van der Waals surface area (Å²) in [6.07, 6.45) is 2.40. The Morgan fingerprint density at radius 1 is 1.13 bits per heavy atom. The van der Waals surface area contributed by atoms with Crippen LogP contribution in [-0.4, -0.2) is 23.4 Å². The third-order valence-electron chi connectivity index (χ3n) is 4.30. The molecule has 2 aromatic rings. The Bertz CT molecular complexity index is 692. The van der Waals surface area contributed by atoms with E-state index in [1.807, 2.05) is 31.2 Å². The number of carbonyl (C=O) groups excluding carboxylic acids is 1. The molecule has 0 aliphatic heterocycles. The lowest BCUT2D eigenvalue weighted by Crippen LogP contribution is -2.34. The van der Waals surface area contributed by atoms with Crippen molar-refractivity contribution in [2.45, 2.75) is 39.3 Å². The minimum absolute atomic E-state index is 0.0684. The highest BCUT2D eigenvalue weighted by molar-refractivity contribution is 5.93. The van der Waals surface area contributed by atoms with E-state index in [1.54, 1.807) is 0 Å². The van der Waals surface area contributed by atoms with E-state index >= 15 is 0 Å². The second-order valence-corrected chi connectivity index (χ2v) is 6.49. The normalized spacial score (nSPS) is 14.0. The molecule has 0 radical (unpaired) electrons. The summed E-state index contributed by atoms with van der Waals surface area (Å²) in [4.78, 5) is 14.7. The SMILES string of the molecule is Cc1cccc(CN(CC(=O)Nc2ccccc2C)C2CC2)c1. The molecule has 120 valence electrons. The minimum atomic E-state index is 0.0684. The topological polar surface area (TPSA) is 32.3 Å². The molecule has 1 saturated carbocycles. The number of hydrogen-bond acceptors (Lipinski definition) is 2. The molecule has 3 heteroatoms. The number of aryl methyl sites for hydroxylation is 2. The molecule has 0 saturated heterocycles. The van der Waals surface area contributed by atoms with Gasteiger partial charge in [0.1, 0.15) is 0 Å². The Balaban J connectivity index is 1.63. The minimum Gasteiger partial charge on any atom is -0.325 e. The average Bonchev–Trinajstić information content (AvgIpc) is 3.34. The van der Waals surface area contributed by atoms with Crippen molar-refractivity contribution in [2.24, 2.45) is 0 Å². The zero-order valence-corrected chi connectivity index (χ0v) is 13.9. The van der Waals surface area contributed by atoms with Crippen molar-refractivity contribution in [3.8, 4) is 0 Å². The number of hydrogen-bond donors (Lipinski definition) is 1. The molecule has 0 spiro atoms. The highest BCUT2D eigenvalue weighted by Crippen LogP contribution is 2.28. The Kier molecular flexibility index (Phi) is 4.77. The first kappa shape index (κ1) is 15.8. The summed E-state index contributed by atoms with van der Waals surface area (Å²) in [5.74, 6) is 0.0684. The highest BCUT2D eigenvalue weighted by Gasteiger charge is 2.30. The molecule has 2 aromatic carbocycles. The number of carbonyl (C=O) groups is 1. The van der Waals surface area contributed by atoms with Crippen LogP contribution in [0.5, 0.6) is 0 Å². The van der Waals surface area contributed by atoms with Crippen molar-refractivity contribution in [3.63, 3.8) is 0 Å². The average molecular weight is 308 g/mol. The van der Waals surface area contributed by atoms with Gasteiger partial charge in [-0.05, 0) is 43.9 Å². The van der Waals surface area contributed by atoms with Gasteiger partial charge in [0.25, 0.3) is 0 Å². The largest absolute Gasteiger partial charge is 0.325 e. The van der Waals surface area contributed by atoms with E-state index in [4.69, 9.17) is 0 Å². The van der Waals surface area contributed by atoms with Crippen LogP contribution in [0.1, 0.15) is 29.5 Å². The summed E-state index contributed by atoms with van der Waals surface area (Å²) < 4.78 is 0. The summed E-state index contributed by atoms with van der Waals surface area (Å²) in [7, 11) is 0. The second-order valence-electron chi connectivity index (χ2n) is 6.49. The van der Waals surface area contributed by atoms with Gasteiger partial charge in [0.2, 0.25) is 5.91 Å². The van der Waals surface area contributed by atoms with Crippen molar-refractivity contribution >= 4 is 11.6 Å². The van der Waals surface area contributed by atoms with E-state index in [9.17, 15) is 4.79 Å². The summed E-state index contributed by atoms with van der Waals surface area (Å²) >= 11 is 0. The van der Waals surface area contributed by atoms with Crippen molar-refractivity contribution in [1.82, 2.24) is 4.90 Å². The quantitative estimate of drug-likeness (QED) is 0.877. The van der Waals surface area contributed by atoms with E-state index in [2.05, 4.69) is 41.4 Å². The summed E-state index contributed by atoms with van der Waals surface area (Å²) in [5.41, 5.74) is 4.55. The van der Waals surface area contributed by atoms with Gasteiger partial charge in [-0.15, -0.1) is 0 Å². The summed E-state index contributed by atoms with van der Waals surface area (Å²) in [6, 6.07) is 17.0. The number of nitrogens with one attached hydrogen (secondary N) is 1. The Morgan fingerprint density at radius 3 is 2.61 bits per heavy atom. The number of anilines is 1. The van der Waals surface area contributed by atoms with Crippen LogP contribution < -0.4 is 5.32 Å². The Hall–Kier alpha value is -2.13. The van der Waals surface area contributed by atoms with Crippen molar-refractivity contribution < 1.29 is 4.79 Å². The van der Waals surface area contributed by atoms with E-state index in [0.29, 0.717) is 12.6 Å². The molecule has 1 N–H and O–H groups in total. The third kappa shape index (κ3) is 4.42. The fourth-order valence-electron chi connectivity index (χ4n) is 2.89. The van der Waals surface area contributed by atoms with Crippen LogP contribution in [0.2, 0.25) is 0 Å². The molecule has 3 nitrogen and oxygen atoms in total. The fraction of sp³-hybridized carbons (Fsp3) is 0.350.